The fourth-order valence-corrected chi connectivity index (χ4v) is 4.93. The van der Waals surface area contributed by atoms with Gasteiger partial charge in [-0.1, -0.05) is 11.6 Å². The lowest BCUT2D eigenvalue weighted by molar-refractivity contribution is -0.0110. The fourth-order valence-electron chi connectivity index (χ4n) is 4.67. The Kier molecular flexibility index (Phi) is 5.84. The first-order valence-electron chi connectivity index (χ1n) is 11.5. The van der Waals surface area contributed by atoms with Crippen molar-refractivity contribution in [3.63, 3.8) is 0 Å². The Morgan fingerprint density at radius 3 is 2.79 bits per heavy atom. The number of aromatic nitrogens is 3. The summed E-state index contributed by atoms with van der Waals surface area (Å²) in [5.74, 6) is 0.798. The van der Waals surface area contributed by atoms with Crippen LogP contribution in [0.15, 0.2) is 30.3 Å². The predicted octanol–water partition coefficient (Wildman–Crippen LogP) is 4.16. The second-order valence-corrected chi connectivity index (χ2v) is 9.12. The Labute approximate surface area is 196 Å². The van der Waals surface area contributed by atoms with Gasteiger partial charge >= 0.3 is 0 Å². The third kappa shape index (κ3) is 4.40. The van der Waals surface area contributed by atoms with Crippen molar-refractivity contribution in [1.29, 1.82) is 0 Å². The van der Waals surface area contributed by atoms with E-state index >= 15 is 0 Å². The molecule has 3 fully saturated rings. The predicted molar refractivity (Wildman–Crippen MR) is 122 cm³/mol. The van der Waals surface area contributed by atoms with E-state index in [2.05, 4.69) is 15.0 Å². The van der Waals surface area contributed by atoms with Gasteiger partial charge in [0, 0.05) is 18.8 Å². The van der Waals surface area contributed by atoms with Gasteiger partial charge in [0.1, 0.15) is 18.5 Å². The van der Waals surface area contributed by atoms with Crippen molar-refractivity contribution in [1.82, 2.24) is 15.0 Å². The summed E-state index contributed by atoms with van der Waals surface area (Å²) in [5, 5.41) is 0.533. The maximum atomic E-state index is 6.55. The molecule has 4 unspecified atom stereocenters. The zero-order valence-corrected chi connectivity index (χ0v) is 18.9. The van der Waals surface area contributed by atoms with E-state index in [1.165, 1.54) is 6.42 Å². The fraction of sp³-hybridized carbons (Fsp3) is 0.500. The molecule has 6 rings (SSSR count). The highest BCUT2D eigenvalue weighted by molar-refractivity contribution is 6.33. The molecule has 0 radical (unpaired) electrons. The van der Waals surface area contributed by atoms with Gasteiger partial charge in [-0.25, -0.2) is 4.98 Å². The van der Waals surface area contributed by atoms with Gasteiger partial charge in [0.2, 0.25) is 0 Å². The lowest BCUT2D eigenvalue weighted by Gasteiger charge is -2.22. The smallest absolute Gasteiger partial charge is 0.296 e. The summed E-state index contributed by atoms with van der Waals surface area (Å²) in [6, 6.07) is 9.98. The van der Waals surface area contributed by atoms with Gasteiger partial charge in [0.05, 0.1) is 35.0 Å². The first kappa shape index (κ1) is 21.2. The molecule has 0 saturated carbocycles. The van der Waals surface area contributed by atoms with E-state index in [4.69, 9.17) is 35.3 Å². The van der Waals surface area contributed by atoms with Crippen molar-refractivity contribution in [3.05, 3.63) is 35.4 Å². The molecular formula is C24H26ClN3O5. The quantitative estimate of drug-likeness (QED) is 0.577. The Morgan fingerprint density at radius 1 is 1.03 bits per heavy atom. The lowest BCUT2D eigenvalue weighted by atomic mass is 10.1. The number of nitrogens with zero attached hydrogens (tertiary/aromatic N) is 2. The van der Waals surface area contributed by atoms with Crippen LogP contribution >= 0.6 is 11.6 Å². The number of H-pyrrole nitrogens is 1. The number of fused-ring (bicyclic) bond motifs is 2. The normalized spacial score (nSPS) is 27.1. The van der Waals surface area contributed by atoms with Crippen LogP contribution < -0.4 is 9.47 Å². The molecule has 33 heavy (non-hydrogen) atoms. The number of hydrogen-bond donors (Lipinski definition) is 1. The van der Waals surface area contributed by atoms with E-state index in [1.54, 1.807) is 0 Å². The number of rotatable bonds is 6. The van der Waals surface area contributed by atoms with E-state index < -0.39 is 0 Å². The second kappa shape index (κ2) is 9.10. The van der Waals surface area contributed by atoms with Gasteiger partial charge in [-0.2, -0.15) is 4.98 Å². The van der Waals surface area contributed by atoms with Crippen molar-refractivity contribution in [2.24, 2.45) is 0 Å². The first-order valence-corrected chi connectivity index (χ1v) is 11.9. The Bertz CT molecular complexity index is 1120. The monoisotopic (exact) mass is 471 g/mol. The van der Waals surface area contributed by atoms with E-state index in [-0.39, 0.29) is 24.4 Å². The van der Waals surface area contributed by atoms with Gasteiger partial charge in [-0.3, -0.25) is 0 Å². The first-order chi connectivity index (χ1) is 16.2. The van der Waals surface area contributed by atoms with Gasteiger partial charge in [-0.05, 0) is 56.0 Å². The highest BCUT2D eigenvalue weighted by Crippen LogP contribution is 2.32. The average Bonchev–Trinajstić information content (AvgIpc) is 3.55. The Hall–Kier alpha value is -2.39. The highest BCUT2D eigenvalue weighted by atomic mass is 35.5. The molecule has 0 spiro atoms. The molecule has 3 aliphatic rings. The number of aromatic amines is 1. The van der Waals surface area contributed by atoms with Gasteiger partial charge in [0.25, 0.3) is 6.01 Å². The third-order valence-electron chi connectivity index (χ3n) is 6.43. The maximum Gasteiger partial charge on any atom is 0.296 e. The number of halogens is 1. The molecule has 0 bridgehead atoms. The number of hydrogen-bond acceptors (Lipinski definition) is 7. The van der Waals surface area contributed by atoms with E-state index in [1.807, 2.05) is 30.3 Å². The summed E-state index contributed by atoms with van der Waals surface area (Å²) < 4.78 is 29.1. The van der Waals surface area contributed by atoms with Crippen molar-refractivity contribution in [2.75, 3.05) is 26.4 Å². The Balaban J connectivity index is 1.16. The highest BCUT2D eigenvalue weighted by Gasteiger charge is 2.43. The molecular weight excluding hydrogens is 446 g/mol. The molecule has 5 heterocycles. The summed E-state index contributed by atoms with van der Waals surface area (Å²) in [6.45, 7) is 2.59. The molecule has 3 aliphatic heterocycles. The number of pyridine rings is 1. The van der Waals surface area contributed by atoms with Crippen molar-refractivity contribution >= 4 is 22.8 Å². The standard InChI is InChI=1S/C24H26ClN3O5/c25-17-11-18-23(28-24(26-18)33-20-13-32-19-8-10-30-22(19)20)27-21(17)14-4-6-15(7-5-14)31-12-16-3-1-2-9-29-16/h4-7,11,16,19-20,22H,1-3,8-10,12-13H2,(H,26,27,28). The van der Waals surface area contributed by atoms with Gasteiger partial charge in [0.15, 0.2) is 11.8 Å². The van der Waals surface area contributed by atoms with Crippen LogP contribution in [0.4, 0.5) is 0 Å². The molecule has 3 aromatic rings. The molecule has 3 saturated heterocycles. The molecule has 2 aromatic heterocycles. The van der Waals surface area contributed by atoms with Crippen LogP contribution in [-0.4, -0.2) is 65.8 Å². The Morgan fingerprint density at radius 2 is 1.94 bits per heavy atom. The number of imidazole rings is 1. The molecule has 1 N–H and O–H groups in total. The molecule has 174 valence electrons. The average molecular weight is 472 g/mol. The minimum atomic E-state index is -0.181. The largest absolute Gasteiger partial charge is 0.491 e. The van der Waals surface area contributed by atoms with Crippen LogP contribution in [-0.2, 0) is 14.2 Å². The third-order valence-corrected chi connectivity index (χ3v) is 6.71. The van der Waals surface area contributed by atoms with E-state index in [9.17, 15) is 0 Å². The zero-order chi connectivity index (χ0) is 22.2. The van der Waals surface area contributed by atoms with E-state index in [0.29, 0.717) is 47.7 Å². The van der Waals surface area contributed by atoms with Crippen molar-refractivity contribution in [2.45, 2.75) is 50.1 Å². The molecule has 0 aliphatic carbocycles. The molecule has 0 amide bonds. The number of benzene rings is 1. The van der Waals surface area contributed by atoms with Crippen LogP contribution in [0.3, 0.4) is 0 Å². The van der Waals surface area contributed by atoms with Crippen LogP contribution in [0.2, 0.25) is 5.02 Å². The summed E-state index contributed by atoms with van der Waals surface area (Å²) in [5.41, 5.74) is 2.81. The summed E-state index contributed by atoms with van der Waals surface area (Å²) in [6.07, 6.45) is 4.35. The SMILES string of the molecule is Clc1cc2[nH]c(OC3COC4CCOC43)nc2nc1-c1ccc(OCC2CCCCO2)cc1. The van der Waals surface area contributed by atoms with Crippen LogP contribution in [0.1, 0.15) is 25.7 Å². The van der Waals surface area contributed by atoms with Crippen molar-refractivity contribution < 1.29 is 23.7 Å². The van der Waals surface area contributed by atoms with Gasteiger partial charge < -0.3 is 28.7 Å². The zero-order valence-electron chi connectivity index (χ0n) is 18.2. The topological polar surface area (TPSA) is 87.7 Å². The van der Waals surface area contributed by atoms with Crippen LogP contribution in [0.25, 0.3) is 22.4 Å². The molecule has 1 aromatic carbocycles. The summed E-state index contributed by atoms with van der Waals surface area (Å²) in [4.78, 5) is 12.4. The maximum absolute atomic E-state index is 6.55. The number of nitrogens with one attached hydrogen (secondary N) is 1. The minimum absolute atomic E-state index is 0.0456. The molecule has 4 atom stereocenters. The molecule has 9 heteroatoms. The number of ether oxygens (including phenoxy) is 5. The van der Waals surface area contributed by atoms with Crippen LogP contribution in [0.5, 0.6) is 11.8 Å². The minimum Gasteiger partial charge on any atom is -0.491 e. The lowest BCUT2D eigenvalue weighted by Crippen LogP contribution is -2.32. The van der Waals surface area contributed by atoms with Crippen molar-refractivity contribution in [3.8, 4) is 23.0 Å². The van der Waals surface area contributed by atoms with Gasteiger partial charge in [-0.15, -0.1) is 0 Å². The molecule has 8 nitrogen and oxygen atoms in total. The summed E-state index contributed by atoms with van der Waals surface area (Å²) >= 11 is 6.55. The summed E-state index contributed by atoms with van der Waals surface area (Å²) in [7, 11) is 0. The second-order valence-electron chi connectivity index (χ2n) is 8.71. The van der Waals surface area contributed by atoms with Crippen LogP contribution in [0, 0.1) is 0 Å². The van der Waals surface area contributed by atoms with E-state index in [0.717, 1.165) is 37.2 Å².